The van der Waals surface area contributed by atoms with E-state index in [1.165, 1.54) is 0 Å². The first-order valence-electron chi connectivity index (χ1n) is 11.9. The number of ether oxygens (including phenoxy) is 3. The number of rotatable bonds is 8. The van der Waals surface area contributed by atoms with E-state index >= 15 is 0 Å². The molecule has 0 amide bonds. The Morgan fingerprint density at radius 2 is 1.50 bits per heavy atom. The van der Waals surface area contributed by atoms with Gasteiger partial charge in [0.15, 0.2) is 18.1 Å². The van der Waals surface area contributed by atoms with Crippen LogP contribution in [-0.4, -0.2) is 29.7 Å². The van der Waals surface area contributed by atoms with Gasteiger partial charge in [-0.2, -0.15) is 0 Å². The number of aryl methyl sites for hydroxylation is 1. The van der Waals surface area contributed by atoms with Crippen LogP contribution in [0.1, 0.15) is 44.4 Å². The molecule has 4 aromatic rings. The van der Waals surface area contributed by atoms with Crippen molar-refractivity contribution in [3.05, 3.63) is 119 Å². The molecule has 0 unspecified atom stereocenters. The number of ketones is 1. The van der Waals surface area contributed by atoms with E-state index in [2.05, 4.69) is 4.57 Å². The van der Waals surface area contributed by atoms with Crippen molar-refractivity contribution < 1.29 is 23.8 Å². The molecule has 0 bridgehead atoms. The number of esters is 1. The highest BCUT2D eigenvalue weighted by Crippen LogP contribution is 2.33. The summed E-state index contributed by atoms with van der Waals surface area (Å²) in [6, 6.07) is 26.6. The number of benzene rings is 3. The molecule has 5 rings (SSSR count). The van der Waals surface area contributed by atoms with E-state index in [9.17, 15) is 9.59 Å². The van der Waals surface area contributed by atoms with E-state index in [0.717, 1.165) is 39.6 Å². The number of Topliss-reactive ketones (excluding diaryl/α,β-unsaturated/α-hetero) is 1. The molecule has 3 aromatic carbocycles. The van der Waals surface area contributed by atoms with Crippen LogP contribution in [0, 0.1) is 13.8 Å². The summed E-state index contributed by atoms with van der Waals surface area (Å²) in [4.78, 5) is 26.3. The fourth-order valence-corrected chi connectivity index (χ4v) is 4.60. The van der Waals surface area contributed by atoms with Crippen LogP contribution in [0.2, 0.25) is 0 Å². The largest absolute Gasteiger partial charge is 0.457 e. The maximum Gasteiger partial charge on any atom is 0.318 e. The predicted octanol–water partition coefficient (Wildman–Crippen LogP) is 5.44. The predicted molar refractivity (Wildman–Crippen MR) is 136 cm³/mol. The van der Waals surface area contributed by atoms with Gasteiger partial charge in [-0.1, -0.05) is 66.7 Å². The first-order valence-corrected chi connectivity index (χ1v) is 11.9. The Bertz CT molecular complexity index is 1350. The molecule has 1 aliphatic rings. The summed E-state index contributed by atoms with van der Waals surface area (Å²) in [5, 5.41) is 0. The van der Waals surface area contributed by atoms with Crippen LogP contribution in [0.15, 0.2) is 84.9 Å². The molecule has 182 valence electrons. The van der Waals surface area contributed by atoms with Crippen LogP contribution < -0.4 is 9.47 Å². The monoisotopic (exact) mass is 481 g/mol. The highest BCUT2D eigenvalue weighted by atomic mass is 16.7. The number of hydrogen-bond donors (Lipinski definition) is 0. The number of aromatic nitrogens is 1. The molecule has 6 nitrogen and oxygen atoms in total. The van der Waals surface area contributed by atoms with Gasteiger partial charge in [0.25, 0.3) is 0 Å². The Morgan fingerprint density at radius 3 is 2.17 bits per heavy atom. The number of nitrogens with zero attached hydrogens (tertiary/aromatic N) is 1. The maximum atomic E-state index is 13.2. The van der Waals surface area contributed by atoms with Crippen molar-refractivity contribution in [2.75, 3.05) is 13.4 Å². The lowest BCUT2D eigenvalue weighted by Crippen LogP contribution is -2.21. The fourth-order valence-electron chi connectivity index (χ4n) is 4.60. The summed E-state index contributed by atoms with van der Waals surface area (Å²) >= 11 is 0. The van der Waals surface area contributed by atoms with Gasteiger partial charge < -0.3 is 18.8 Å². The minimum Gasteiger partial charge on any atom is -0.457 e. The third-order valence-electron chi connectivity index (χ3n) is 6.50. The third kappa shape index (κ3) is 4.75. The quantitative estimate of drug-likeness (QED) is 0.248. The average molecular weight is 482 g/mol. The van der Waals surface area contributed by atoms with Gasteiger partial charge in [0.2, 0.25) is 12.6 Å². The Hall–Kier alpha value is -4.32. The van der Waals surface area contributed by atoms with Gasteiger partial charge in [-0.05, 0) is 48.7 Å². The molecule has 0 fully saturated rings. The zero-order valence-electron chi connectivity index (χ0n) is 20.3. The molecule has 0 saturated heterocycles. The van der Waals surface area contributed by atoms with Crippen molar-refractivity contribution >= 4 is 11.8 Å². The summed E-state index contributed by atoms with van der Waals surface area (Å²) < 4.78 is 18.5. The van der Waals surface area contributed by atoms with Gasteiger partial charge in [-0.25, -0.2) is 0 Å². The van der Waals surface area contributed by atoms with Crippen molar-refractivity contribution in [2.24, 2.45) is 0 Å². The van der Waals surface area contributed by atoms with E-state index < -0.39 is 11.9 Å². The molecule has 0 spiro atoms. The van der Waals surface area contributed by atoms with Crippen molar-refractivity contribution in [3.63, 3.8) is 0 Å². The van der Waals surface area contributed by atoms with Gasteiger partial charge >= 0.3 is 5.97 Å². The highest BCUT2D eigenvalue weighted by Gasteiger charge is 2.26. The lowest BCUT2D eigenvalue weighted by Gasteiger charge is -2.17. The SMILES string of the molecule is Cc1cc(C(=O)COC(=O)C(c2ccccc2)c2ccccc2)c(C)n1Cc1ccc2c(c1)OCO2. The minimum absolute atomic E-state index is 0.228. The number of carbonyl (C=O) groups excluding carboxylic acids is 2. The molecule has 2 heterocycles. The summed E-state index contributed by atoms with van der Waals surface area (Å²) in [5.41, 5.74) is 5.02. The molecule has 36 heavy (non-hydrogen) atoms. The van der Waals surface area contributed by atoms with Gasteiger partial charge in [-0.15, -0.1) is 0 Å². The smallest absolute Gasteiger partial charge is 0.318 e. The normalized spacial score (nSPS) is 12.1. The topological polar surface area (TPSA) is 66.8 Å². The first-order chi connectivity index (χ1) is 17.5. The highest BCUT2D eigenvalue weighted by molar-refractivity contribution is 5.99. The van der Waals surface area contributed by atoms with E-state index in [-0.39, 0.29) is 19.2 Å². The van der Waals surface area contributed by atoms with Crippen LogP contribution in [-0.2, 0) is 16.1 Å². The summed E-state index contributed by atoms with van der Waals surface area (Å²) in [6.45, 7) is 4.37. The fraction of sp³-hybridized carbons (Fsp3) is 0.200. The molecule has 0 aliphatic carbocycles. The van der Waals surface area contributed by atoms with Crippen molar-refractivity contribution in [1.29, 1.82) is 0 Å². The van der Waals surface area contributed by atoms with Crippen molar-refractivity contribution in [2.45, 2.75) is 26.3 Å². The molecule has 0 atom stereocenters. The molecule has 1 aliphatic heterocycles. The Balaban J connectivity index is 1.30. The zero-order valence-corrected chi connectivity index (χ0v) is 20.3. The second kappa shape index (κ2) is 10.1. The Kier molecular flexibility index (Phi) is 6.58. The lowest BCUT2D eigenvalue weighted by atomic mass is 9.91. The molecular weight excluding hydrogens is 454 g/mol. The molecule has 0 saturated carbocycles. The standard InChI is InChI=1S/C30H27NO5/c1-20-15-25(21(2)31(20)17-22-13-14-27-28(16-22)36-19-35-27)26(32)18-34-30(33)29(23-9-5-3-6-10-23)24-11-7-4-8-12-24/h3-16,29H,17-19H2,1-2H3. The van der Waals surface area contributed by atoms with Gasteiger partial charge in [0.1, 0.15) is 5.92 Å². The van der Waals surface area contributed by atoms with E-state index in [1.54, 1.807) is 0 Å². The maximum absolute atomic E-state index is 13.2. The van der Waals surface area contributed by atoms with Crippen LogP contribution >= 0.6 is 0 Å². The first kappa shape index (κ1) is 23.4. The number of fused-ring (bicyclic) bond motifs is 1. The number of carbonyl (C=O) groups is 2. The lowest BCUT2D eigenvalue weighted by molar-refractivity contribution is -0.143. The summed E-state index contributed by atoms with van der Waals surface area (Å²) in [6.07, 6.45) is 0. The second-order valence-corrected chi connectivity index (χ2v) is 8.84. The van der Waals surface area contributed by atoms with Crippen LogP contribution in [0.5, 0.6) is 11.5 Å². The minimum atomic E-state index is -0.598. The van der Waals surface area contributed by atoms with Crippen molar-refractivity contribution in [1.82, 2.24) is 4.57 Å². The summed E-state index contributed by atoms with van der Waals surface area (Å²) in [7, 11) is 0. The van der Waals surface area contributed by atoms with Gasteiger partial charge in [0.05, 0.1) is 0 Å². The Labute approximate surface area is 210 Å². The second-order valence-electron chi connectivity index (χ2n) is 8.84. The molecule has 1 aromatic heterocycles. The molecule has 0 radical (unpaired) electrons. The van der Waals surface area contributed by atoms with E-state index in [4.69, 9.17) is 14.2 Å². The van der Waals surface area contributed by atoms with Gasteiger partial charge in [-0.3, -0.25) is 9.59 Å². The average Bonchev–Trinajstić information content (AvgIpc) is 3.48. The van der Waals surface area contributed by atoms with E-state index in [0.29, 0.717) is 12.1 Å². The van der Waals surface area contributed by atoms with Gasteiger partial charge in [0, 0.05) is 23.5 Å². The third-order valence-corrected chi connectivity index (χ3v) is 6.50. The Morgan fingerprint density at radius 1 is 0.861 bits per heavy atom. The van der Waals surface area contributed by atoms with Crippen LogP contribution in [0.25, 0.3) is 0 Å². The summed E-state index contributed by atoms with van der Waals surface area (Å²) in [5.74, 6) is 0.188. The molecular formula is C30H27NO5. The van der Waals surface area contributed by atoms with E-state index in [1.807, 2.05) is 98.8 Å². The molecule has 6 heteroatoms. The van der Waals surface area contributed by atoms with Crippen LogP contribution in [0.4, 0.5) is 0 Å². The number of hydrogen-bond acceptors (Lipinski definition) is 5. The van der Waals surface area contributed by atoms with Crippen LogP contribution in [0.3, 0.4) is 0 Å². The molecule has 0 N–H and O–H groups in total. The zero-order chi connectivity index (χ0) is 25.1. The van der Waals surface area contributed by atoms with Crippen molar-refractivity contribution in [3.8, 4) is 11.5 Å².